The van der Waals surface area contributed by atoms with Crippen molar-refractivity contribution in [3.63, 3.8) is 0 Å². The molecule has 0 radical (unpaired) electrons. The standard InChI is InChI=1S/C16H18N2S2/c1-20-12-9-7-11(8-10-12)15-17-14-6-4-2-3-5-13(14)16(19)18-15/h7-10H,2-6H2,1H3,(H,17,18,19). The Morgan fingerprint density at radius 1 is 1.10 bits per heavy atom. The van der Waals surface area contributed by atoms with Gasteiger partial charge in [-0.05, 0) is 44.1 Å². The summed E-state index contributed by atoms with van der Waals surface area (Å²) in [6.07, 6.45) is 8.01. The molecule has 4 heteroatoms. The molecule has 0 spiro atoms. The van der Waals surface area contributed by atoms with Gasteiger partial charge in [0.1, 0.15) is 10.5 Å². The first-order chi connectivity index (χ1) is 9.78. The Kier molecular flexibility index (Phi) is 4.22. The summed E-state index contributed by atoms with van der Waals surface area (Å²) in [6.45, 7) is 0. The fourth-order valence-electron chi connectivity index (χ4n) is 2.68. The van der Waals surface area contributed by atoms with E-state index in [0.29, 0.717) is 0 Å². The molecule has 20 heavy (non-hydrogen) atoms. The zero-order valence-corrected chi connectivity index (χ0v) is 13.2. The van der Waals surface area contributed by atoms with Crippen molar-refractivity contribution in [3.05, 3.63) is 40.2 Å². The fourth-order valence-corrected chi connectivity index (χ4v) is 3.41. The van der Waals surface area contributed by atoms with Crippen LogP contribution in [0.2, 0.25) is 0 Å². The van der Waals surface area contributed by atoms with Crippen molar-refractivity contribution in [2.75, 3.05) is 6.26 Å². The molecule has 0 saturated carbocycles. The van der Waals surface area contributed by atoms with E-state index in [9.17, 15) is 0 Å². The summed E-state index contributed by atoms with van der Waals surface area (Å²) in [7, 11) is 0. The predicted octanol–water partition coefficient (Wildman–Crippen LogP) is 4.80. The molecule has 3 rings (SSSR count). The van der Waals surface area contributed by atoms with E-state index in [2.05, 4.69) is 40.5 Å². The van der Waals surface area contributed by atoms with Crippen LogP contribution >= 0.6 is 24.0 Å². The van der Waals surface area contributed by atoms with Gasteiger partial charge in [0.05, 0.1) is 0 Å². The van der Waals surface area contributed by atoms with Gasteiger partial charge in [0.25, 0.3) is 0 Å². The SMILES string of the molecule is CSc1ccc(-c2nc(=S)c3c([nH]2)CCCCC3)cc1. The van der Waals surface area contributed by atoms with Crippen LogP contribution in [0.1, 0.15) is 30.5 Å². The summed E-state index contributed by atoms with van der Waals surface area (Å²) < 4.78 is 0.782. The van der Waals surface area contributed by atoms with E-state index >= 15 is 0 Å². The molecular formula is C16H18N2S2. The molecule has 1 aromatic carbocycles. The number of benzene rings is 1. The van der Waals surface area contributed by atoms with Crippen molar-refractivity contribution in [2.45, 2.75) is 37.0 Å². The molecule has 1 heterocycles. The third-order valence-electron chi connectivity index (χ3n) is 3.82. The van der Waals surface area contributed by atoms with E-state index in [1.165, 1.54) is 35.4 Å². The van der Waals surface area contributed by atoms with Gasteiger partial charge >= 0.3 is 0 Å². The maximum absolute atomic E-state index is 5.50. The molecule has 1 aliphatic carbocycles. The Morgan fingerprint density at radius 3 is 2.60 bits per heavy atom. The van der Waals surface area contributed by atoms with Crippen LogP contribution in [-0.2, 0) is 12.8 Å². The summed E-state index contributed by atoms with van der Waals surface area (Å²) in [5, 5.41) is 0. The Balaban J connectivity index is 2.03. The summed E-state index contributed by atoms with van der Waals surface area (Å²) in [4.78, 5) is 9.39. The third kappa shape index (κ3) is 2.81. The highest BCUT2D eigenvalue weighted by Crippen LogP contribution is 2.24. The van der Waals surface area contributed by atoms with Crippen molar-refractivity contribution in [1.82, 2.24) is 9.97 Å². The molecule has 0 saturated heterocycles. The zero-order chi connectivity index (χ0) is 13.9. The van der Waals surface area contributed by atoms with E-state index in [1.54, 1.807) is 11.8 Å². The molecule has 1 aromatic heterocycles. The van der Waals surface area contributed by atoms with Gasteiger partial charge in [-0.15, -0.1) is 11.8 Å². The molecule has 2 nitrogen and oxygen atoms in total. The molecule has 1 aliphatic rings. The number of thioether (sulfide) groups is 1. The second-order valence-electron chi connectivity index (χ2n) is 5.14. The van der Waals surface area contributed by atoms with Crippen LogP contribution in [0.4, 0.5) is 0 Å². The number of aryl methyl sites for hydroxylation is 1. The predicted molar refractivity (Wildman–Crippen MR) is 87.9 cm³/mol. The van der Waals surface area contributed by atoms with Crippen molar-refractivity contribution < 1.29 is 0 Å². The third-order valence-corrected chi connectivity index (χ3v) is 4.90. The number of hydrogen-bond acceptors (Lipinski definition) is 3. The Labute approximate surface area is 129 Å². The zero-order valence-electron chi connectivity index (χ0n) is 11.6. The van der Waals surface area contributed by atoms with Crippen LogP contribution < -0.4 is 0 Å². The van der Waals surface area contributed by atoms with Crippen molar-refractivity contribution in [2.24, 2.45) is 0 Å². The van der Waals surface area contributed by atoms with Gasteiger partial charge in [-0.25, -0.2) is 4.98 Å². The van der Waals surface area contributed by atoms with Crippen molar-refractivity contribution in [3.8, 4) is 11.4 Å². The minimum Gasteiger partial charge on any atom is -0.343 e. The van der Waals surface area contributed by atoms with Crippen LogP contribution in [0.25, 0.3) is 11.4 Å². The second kappa shape index (κ2) is 6.10. The lowest BCUT2D eigenvalue weighted by molar-refractivity contribution is 0.708. The van der Waals surface area contributed by atoms with E-state index in [-0.39, 0.29) is 0 Å². The molecule has 0 amide bonds. The van der Waals surface area contributed by atoms with Gasteiger partial charge in [0.2, 0.25) is 0 Å². The number of rotatable bonds is 2. The topological polar surface area (TPSA) is 28.7 Å². The minimum absolute atomic E-state index is 0.782. The normalized spacial score (nSPS) is 14.7. The average molecular weight is 302 g/mol. The van der Waals surface area contributed by atoms with Gasteiger partial charge in [-0.1, -0.05) is 30.8 Å². The Hall–Kier alpha value is -1.13. The van der Waals surface area contributed by atoms with Gasteiger partial charge < -0.3 is 4.98 Å². The first-order valence-electron chi connectivity index (χ1n) is 7.04. The van der Waals surface area contributed by atoms with Gasteiger partial charge in [0, 0.05) is 21.7 Å². The molecular weight excluding hydrogens is 284 g/mol. The largest absolute Gasteiger partial charge is 0.343 e. The molecule has 2 aromatic rings. The molecule has 0 unspecified atom stereocenters. The molecule has 0 atom stereocenters. The van der Waals surface area contributed by atoms with Gasteiger partial charge in [-0.3, -0.25) is 0 Å². The van der Waals surface area contributed by atoms with E-state index in [4.69, 9.17) is 12.2 Å². The number of aromatic nitrogens is 2. The Morgan fingerprint density at radius 2 is 1.85 bits per heavy atom. The van der Waals surface area contributed by atoms with Crippen molar-refractivity contribution >= 4 is 24.0 Å². The van der Waals surface area contributed by atoms with Gasteiger partial charge in [0.15, 0.2) is 0 Å². The van der Waals surface area contributed by atoms with E-state index in [1.807, 2.05) is 0 Å². The maximum Gasteiger partial charge on any atom is 0.139 e. The van der Waals surface area contributed by atoms with Crippen LogP contribution in [0.15, 0.2) is 29.2 Å². The molecule has 104 valence electrons. The van der Waals surface area contributed by atoms with Crippen LogP contribution in [0.5, 0.6) is 0 Å². The molecule has 1 N–H and O–H groups in total. The minimum atomic E-state index is 0.782. The molecule has 0 fully saturated rings. The van der Waals surface area contributed by atoms with Crippen LogP contribution in [0, 0.1) is 4.64 Å². The highest BCUT2D eigenvalue weighted by Gasteiger charge is 2.12. The highest BCUT2D eigenvalue weighted by molar-refractivity contribution is 7.98. The van der Waals surface area contributed by atoms with Crippen LogP contribution in [-0.4, -0.2) is 16.2 Å². The highest BCUT2D eigenvalue weighted by atomic mass is 32.2. The summed E-state index contributed by atoms with van der Waals surface area (Å²) in [5.41, 5.74) is 3.68. The molecule has 0 aliphatic heterocycles. The van der Waals surface area contributed by atoms with E-state index < -0.39 is 0 Å². The number of aromatic amines is 1. The number of nitrogens with zero attached hydrogens (tertiary/aromatic N) is 1. The number of H-pyrrole nitrogens is 1. The van der Waals surface area contributed by atoms with Crippen LogP contribution in [0.3, 0.4) is 0 Å². The number of hydrogen-bond donors (Lipinski definition) is 1. The van der Waals surface area contributed by atoms with E-state index in [0.717, 1.165) is 28.9 Å². The maximum atomic E-state index is 5.50. The number of fused-ring (bicyclic) bond motifs is 1. The first kappa shape index (κ1) is 13.8. The average Bonchev–Trinajstić information content (AvgIpc) is 2.73. The fraction of sp³-hybridized carbons (Fsp3) is 0.375. The number of nitrogens with one attached hydrogen (secondary N) is 1. The lowest BCUT2D eigenvalue weighted by atomic mass is 10.1. The molecule has 0 bridgehead atoms. The monoisotopic (exact) mass is 302 g/mol. The van der Waals surface area contributed by atoms with Gasteiger partial charge in [-0.2, -0.15) is 0 Å². The Bertz CT molecular complexity index is 659. The smallest absolute Gasteiger partial charge is 0.139 e. The lowest BCUT2D eigenvalue weighted by Gasteiger charge is -2.09. The summed E-state index contributed by atoms with van der Waals surface area (Å²) in [5.74, 6) is 0.906. The quantitative estimate of drug-likeness (QED) is 0.491. The summed E-state index contributed by atoms with van der Waals surface area (Å²) in [6, 6.07) is 8.49. The second-order valence-corrected chi connectivity index (χ2v) is 6.40. The van der Waals surface area contributed by atoms with Crippen molar-refractivity contribution in [1.29, 1.82) is 0 Å². The first-order valence-corrected chi connectivity index (χ1v) is 8.68. The lowest BCUT2D eigenvalue weighted by Crippen LogP contribution is -2.01. The summed E-state index contributed by atoms with van der Waals surface area (Å²) >= 11 is 7.25.